The summed E-state index contributed by atoms with van der Waals surface area (Å²) < 4.78 is 5.19. The standard InChI is InChI=1S/C22H26N2O3/c1-4-15-8-6-9-16(5-2)21(15)24-14-17(12-20(24)25)22(26)23-18-10-7-11-19(13-18)27-3/h6-11,13,17H,4-5,12,14H2,1-3H3,(H,23,26). The first-order valence-electron chi connectivity index (χ1n) is 9.43. The number of amides is 2. The van der Waals surface area contributed by atoms with Gasteiger partial charge in [-0.15, -0.1) is 0 Å². The van der Waals surface area contributed by atoms with Crippen LogP contribution in [0.5, 0.6) is 5.75 Å². The molecule has 1 atom stereocenters. The van der Waals surface area contributed by atoms with Crippen LogP contribution in [-0.2, 0) is 22.4 Å². The summed E-state index contributed by atoms with van der Waals surface area (Å²) in [5.74, 6) is 0.197. The van der Waals surface area contributed by atoms with Crippen molar-refractivity contribution in [3.8, 4) is 5.75 Å². The molecule has 2 aromatic carbocycles. The molecule has 27 heavy (non-hydrogen) atoms. The van der Waals surface area contributed by atoms with Gasteiger partial charge in [-0.2, -0.15) is 0 Å². The van der Waals surface area contributed by atoms with E-state index >= 15 is 0 Å². The molecule has 0 aromatic heterocycles. The topological polar surface area (TPSA) is 58.6 Å². The van der Waals surface area contributed by atoms with Crippen molar-refractivity contribution in [2.24, 2.45) is 5.92 Å². The third kappa shape index (κ3) is 3.97. The smallest absolute Gasteiger partial charge is 0.229 e. The van der Waals surface area contributed by atoms with Crippen molar-refractivity contribution in [1.29, 1.82) is 0 Å². The van der Waals surface area contributed by atoms with E-state index in [9.17, 15) is 9.59 Å². The zero-order valence-corrected chi connectivity index (χ0v) is 16.1. The van der Waals surface area contributed by atoms with Crippen molar-refractivity contribution < 1.29 is 14.3 Å². The summed E-state index contributed by atoms with van der Waals surface area (Å²) in [6.45, 7) is 4.59. The van der Waals surface area contributed by atoms with E-state index in [1.165, 1.54) is 0 Å². The molecule has 1 aliphatic heterocycles. The van der Waals surface area contributed by atoms with Gasteiger partial charge < -0.3 is 15.0 Å². The molecule has 0 bridgehead atoms. The summed E-state index contributed by atoms with van der Waals surface area (Å²) in [6, 6.07) is 13.4. The number of methoxy groups -OCH3 is 1. The van der Waals surface area contributed by atoms with Crippen LogP contribution in [0.1, 0.15) is 31.4 Å². The van der Waals surface area contributed by atoms with E-state index in [4.69, 9.17) is 4.74 Å². The number of nitrogens with zero attached hydrogens (tertiary/aromatic N) is 1. The fourth-order valence-corrected chi connectivity index (χ4v) is 3.61. The largest absolute Gasteiger partial charge is 0.497 e. The van der Waals surface area contributed by atoms with E-state index in [0.29, 0.717) is 18.0 Å². The second-order valence-electron chi connectivity index (χ2n) is 6.76. The monoisotopic (exact) mass is 366 g/mol. The van der Waals surface area contributed by atoms with Crippen molar-refractivity contribution in [3.63, 3.8) is 0 Å². The van der Waals surface area contributed by atoms with Crippen LogP contribution < -0.4 is 15.0 Å². The minimum atomic E-state index is -0.363. The average Bonchev–Trinajstić information content (AvgIpc) is 3.08. The first-order chi connectivity index (χ1) is 13.1. The maximum Gasteiger partial charge on any atom is 0.229 e. The third-order valence-electron chi connectivity index (χ3n) is 5.07. The number of carbonyl (C=O) groups excluding carboxylic acids is 2. The number of benzene rings is 2. The van der Waals surface area contributed by atoms with Crippen LogP contribution in [0.25, 0.3) is 0 Å². The summed E-state index contributed by atoms with van der Waals surface area (Å²) in [4.78, 5) is 27.2. The molecular weight excluding hydrogens is 340 g/mol. The Hall–Kier alpha value is -2.82. The van der Waals surface area contributed by atoms with Gasteiger partial charge in [0.15, 0.2) is 0 Å². The zero-order chi connectivity index (χ0) is 19.4. The summed E-state index contributed by atoms with van der Waals surface area (Å²) in [5, 5.41) is 2.91. The normalized spacial score (nSPS) is 16.5. The van der Waals surface area contributed by atoms with E-state index in [0.717, 1.165) is 29.7 Å². The highest BCUT2D eigenvalue weighted by Crippen LogP contribution is 2.33. The van der Waals surface area contributed by atoms with Gasteiger partial charge in [0.1, 0.15) is 5.75 Å². The van der Waals surface area contributed by atoms with Crippen LogP contribution in [0.15, 0.2) is 42.5 Å². The Balaban J connectivity index is 1.78. The van der Waals surface area contributed by atoms with E-state index in [2.05, 4.69) is 31.3 Å². The average molecular weight is 366 g/mol. The number of aryl methyl sites for hydroxylation is 2. The predicted molar refractivity (Wildman–Crippen MR) is 107 cm³/mol. The molecule has 0 radical (unpaired) electrons. The highest BCUT2D eigenvalue weighted by Gasteiger charge is 2.36. The maximum absolute atomic E-state index is 12.7. The minimum Gasteiger partial charge on any atom is -0.497 e. The molecule has 2 amide bonds. The summed E-state index contributed by atoms with van der Waals surface area (Å²) in [5.41, 5.74) is 3.96. The predicted octanol–water partition coefficient (Wildman–Crippen LogP) is 3.81. The van der Waals surface area contributed by atoms with Gasteiger partial charge in [0, 0.05) is 30.4 Å². The number of rotatable bonds is 6. The molecule has 1 fully saturated rings. The van der Waals surface area contributed by atoms with Crippen LogP contribution in [0.4, 0.5) is 11.4 Å². The molecule has 1 heterocycles. The Labute approximate surface area is 160 Å². The van der Waals surface area contributed by atoms with Crippen LogP contribution >= 0.6 is 0 Å². The number of ether oxygens (including phenoxy) is 1. The molecule has 0 spiro atoms. The first kappa shape index (κ1) is 19.0. The summed E-state index contributed by atoms with van der Waals surface area (Å²) >= 11 is 0. The minimum absolute atomic E-state index is 0.0105. The molecule has 1 N–H and O–H groups in total. The second kappa shape index (κ2) is 8.25. The van der Waals surface area contributed by atoms with E-state index < -0.39 is 0 Å². The quantitative estimate of drug-likeness (QED) is 0.846. The van der Waals surface area contributed by atoms with Gasteiger partial charge in [-0.05, 0) is 36.1 Å². The van der Waals surface area contributed by atoms with Crippen LogP contribution in [0.2, 0.25) is 0 Å². The fraction of sp³-hybridized carbons (Fsp3) is 0.364. The first-order valence-corrected chi connectivity index (χ1v) is 9.43. The lowest BCUT2D eigenvalue weighted by Crippen LogP contribution is -2.29. The molecule has 5 nitrogen and oxygen atoms in total. The zero-order valence-electron chi connectivity index (χ0n) is 16.1. The van der Waals surface area contributed by atoms with Gasteiger partial charge >= 0.3 is 0 Å². The van der Waals surface area contributed by atoms with Gasteiger partial charge in [-0.3, -0.25) is 9.59 Å². The highest BCUT2D eigenvalue weighted by atomic mass is 16.5. The fourth-order valence-electron chi connectivity index (χ4n) is 3.61. The Bertz CT molecular complexity index is 825. The molecule has 1 unspecified atom stereocenters. The second-order valence-corrected chi connectivity index (χ2v) is 6.76. The number of hydrogen-bond acceptors (Lipinski definition) is 3. The number of anilines is 2. The molecule has 5 heteroatoms. The number of hydrogen-bond donors (Lipinski definition) is 1. The lowest BCUT2D eigenvalue weighted by Gasteiger charge is -2.23. The van der Waals surface area contributed by atoms with Crippen molar-refractivity contribution in [1.82, 2.24) is 0 Å². The maximum atomic E-state index is 12.7. The SMILES string of the molecule is CCc1cccc(CC)c1N1CC(C(=O)Nc2cccc(OC)c2)CC1=O. The van der Waals surface area contributed by atoms with E-state index in [-0.39, 0.29) is 24.2 Å². The number of para-hydroxylation sites is 1. The van der Waals surface area contributed by atoms with Gasteiger partial charge in [0.25, 0.3) is 0 Å². The van der Waals surface area contributed by atoms with Crippen LogP contribution in [-0.4, -0.2) is 25.5 Å². The molecule has 1 saturated heterocycles. The van der Waals surface area contributed by atoms with E-state index in [1.807, 2.05) is 24.3 Å². The number of carbonyl (C=O) groups is 2. The molecule has 1 aliphatic rings. The number of nitrogens with one attached hydrogen (secondary N) is 1. The molecule has 0 saturated carbocycles. The molecule has 142 valence electrons. The summed E-state index contributed by atoms with van der Waals surface area (Å²) in [7, 11) is 1.59. The lowest BCUT2D eigenvalue weighted by atomic mass is 10.0. The van der Waals surface area contributed by atoms with Crippen molar-refractivity contribution in [2.45, 2.75) is 33.1 Å². The van der Waals surface area contributed by atoms with Gasteiger partial charge in [-0.1, -0.05) is 38.1 Å². The van der Waals surface area contributed by atoms with Crippen molar-refractivity contribution in [3.05, 3.63) is 53.6 Å². The molecule has 2 aromatic rings. The van der Waals surface area contributed by atoms with Gasteiger partial charge in [-0.25, -0.2) is 0 Å². The Morgan fingerprint density at radius 2 is 1.81 bits per heavy atom. The Morgan fingerprint density at radius 1 is 1.15 bits per heavy atom. The molecule has 0 aliphatic carbocycles. The van der Waals surface area contributed by atoms with Gasteiger partial charge in [0.2, 0.25) is 11.8 Å². The highest BCUT2D eigenvalue weighted by molar-refractivity contribution is 6.04. The van der Waals surface area contributed by atoms with Crippen molar-refractivity contribution >= 4 is 23.2 Å². The van der Waals surface area contributed by atoms with Crippen LogP contribution in [0.3, 0.4) is 0 Å². The molecule has 3 rings (SSSR count). The summed E-state index contributed by atoms with van der Waals surface area (Å²) in [6.07, 6.45) is 1.94. The Morgan fingerprint density at radius 3 is 2.44 bits per heavy atom. The van der Waals surface area contributed by atoms with E-state index in [1.54, 1.807) is 18.1 Å². The Kier molecular flexibility index (Phi) is 5.79. The van der Waals surface area contributed by atoms with Crippen LogP contribution in [0, 0.1) is 5.92 Å². The lowest BCUT2D eigenvalue weighted by molar-refractivity contribution is -0.122. The molecular formula is C22H26N2O3. The van der Waals surface area contributed by atoms with Gasteiger partial charge in [0.05, 0.1) is 13.0 Å². The third-order valence-corrected chi connectivity index (χ3v) is 5.07. The van der Waals surface area contributed by atoms with Crippen molar-refractivity contribution in [2.75, 3.05) is 23.9 Å².